The summed E-state index contributed by atoms with van der Waals surface area (Å²) < 4.78 is 18.6. The molecule has 1 saturated heterocycles. The van der Waals surface area contributed by atoms with Crippen LogP contribution in [0, 0.1) is 46.8 Å². The van der Waals surface area contributed by atoms with Crippen molar-refractivity contribution in [2.45, 2.75) is 76.6 Å². The Bertz CT molecular complexity index is 630. The predicted octanol–water partition coefficient (Wildman–Crippen LogP) is 4.01. The van der Waals surface area contributed by atoms with Crippen molar-refractivity contribution in [2.24, 2.45) is 46.8 Å². The molecule has 5 saturated carbocycles. The molecule has 0 aromatic rings. The normalized spacial score (nSPS) is 56.0. The van der Waals surface area contributed by atoms with Gasteiger partial charge in [0.05, 0.1) is 32.0 Å². The maximum Gasteiger partial charge on any atom is 0.168 e. The van der Waals surface area contributed by atoms with Crippen molar-refractivity contribution in [3.63, 3.8) is 0 Å². The quantitative estimate of drug-likeness (QED) is 0.791. The zero-order valence-electron chi connectivity index (χ0n) is 17.7. The highest BCUT2D eigenvalue weighted by atomic mass is 16.7. The third-order valence-electron chi connectivity index (χ3n) is 10.7. The van der Waals surface area contributed by atoms with Crippen molar-refractivity contribution in [3.05, 3.63) is 0 Å². The lowest BCUT2D eigenvalue weighted by atomic mass is 9.48. The van der Waals surface area contributed by atoms with E-state index in [1.165, 1.54) is 38.5 Å². The van der Waals surface area contributed by atoms with Crippen LogP contribution in [0.4, 0.5) is 0 Å². The Kier molecular flexibility index (Phi) is 4.11. The van der Waals surface area contributed by atoms with E-state index in [2.05, 4.69) is 13.8 Å². The summed E-state index contributed by atoms with van der Waals surface area (Å²) in [5, 5.41) is 9.38. The molecule has 6 aliphatic rings. The van der Waals surface area contributed by atoms with Gasteiger partial charge >= 0.3 is 0 Å². The topological polar surface area (TPSA) is 47.9 Å². The highest BCUT2D eigenvalue weighted by molar-refractivity contribution is 5.23. The smallest absolute Gasteiger partial charge is 0.168 e. The molecule has 0 amide bonds. The maximum atomic E-state index is 9.38. The Hall–Kier alpha value is -0.160. The van der Waals surface area contributed by atoms with Crippen LogP contribution in [0.3, 0.4) is 0 Å². The SMILES string of the molecule is CC12CCC3C4CCC5(CC4CCC3C1C1C[C@H]1[C@]2(C)OCCO)OCCO5. The van der Waals surface area contributed by atoms with Crippen LogP contribution in [0.2, 0.25) is 0 Å². The molecule has 4 heteroatoms. The standard InChI is InChI=1S/C24H38O4/c1-22-7-5-17-16-6-8-24(27-11-12-28-24)14-15(16)3-4-18(17)21(22)19-13-20(19)23(22,2)26-10-9-25/h15-21,25H,3-14H2,1-2H3/t15?,16?,17?,18?,19?,20-,21?,22?,23+/m1/s1. The van der Waals surface area contributed by atoms with Crippen molar-refractivity contribution in [2.75, 3.05) is 26.4 Å². The second kappa shape index (κ2) is 6.18. The highest BCUT2D eigenvalue weighted by Gasteiger charge is 2.75. The largest absolute Gasteiger partial charge is 0.394 e. The fourth-order valence-electron chi connectivity index (χ4n) is 9.40. The number of aliphatic hydroxyl groups excluding tert-OH is 1. The first-order valence-corrected chi connectivity index (χ1v) is 12.0. The summed E-state index contributed by atoms with van der Waals surface area (Å²) in [7, 11) is 0. The molecule has 4 nitrogen and oxygen atoms in total. The first kappa shape index (κ1) is 18.6. The van der Waals surface area contributed by atoms with Crippen molar-refractivity contribution in [1.29, 1.82) is 0 Å². The second-order valence-corrected chi connectivity index (χ2v) is 11.3. The average Bonchev–Trinajstić information content (AvgIpc) is 3.32. The minimum Gasteiger partial charge on any atom is -0.394 e. The third kappa shape index (κ3) is 2.32. The monoisotopic (exact) mass is 390 g/mol. The van der Waals surface area contributed by atoms with Crippen LogP contribution in [-0.2, 0) is 14.2 Å². The van der Waals surface area contributed by atoms with E-state index in [9.17, 15) is 5.11 Å². The Labute approximate surface area is 169 Å². The second-order valence-electron chi connectivity index (χ2n) is 11.3. The van der Waals surface area contributed by atoms with E-state index in [0.717, 1.165) is 67.5 Å². The number of aliphatic hydroxyl groups is 1. The maximum absolute atomic E-state index is 9.38. The summed E-state index contributed by atoms with van der Waals surface area (Å²) in [6.45, 7) is 7.16. The van der Waals surface area contributed by atoms with E-state index in [0.29, 0.717) is 12.0 Å². The fraction of sp³-hybridized carbons (Fsp3) is 1.00. The van der Waals surface area contributed by atoms with E-state index in [4.69, 9.17) is 14.2 Å². The zero-order chi connectivity index (χ0) is 19.1. The molecular formula is C24H38O4. The summed E-state index contributed by atoms with van der Waals surface area (Å²) in [5.41, 5.74) is 0.284. The van der Waals surface area contributed by atoms with Gasteiger partial charge in [0.25, 0.3) is 0 Å². The molecule has 0 aromatic carbocycles. The number of hydrogen-bond acceptors (Lipinski definition) is 4. The van der Waals surface area contributed by atoms with Crippen LogP contribution in [0.25, 0.3) is 0 Å². The molecular weight excluding hydrogens is 352 g/mol. The van der Waals surface area contributed by atoms with Gasteiger partial charge in [0.15, 0.2) is 5.79 Å². The van der Waals surface area contributed by atoms with Crippen LogP contribution in [0.15, 0.2) is 0 Å². The lowest BCUT2D eigenvalue weighted by Gasteiger charge is -2.59. The minimum atomic E-state index is -0.219. The van der Waals surface area contributed by atoms with Crippen molar-refractivity contribution in [1.82, 2.24) is 0 Å². The van der Waals surface area contributed by atoms with Gasteiger partial charge in [-0.1, -0.05) is 6.92 Å². The van der Waals surface area contributed by atoms with Crippen molar-refractivity contribution in [3.8, 4) is 0 Å². The van der Waals surface area contributed by atoms with E-state index >= 15 is 0 Å². The van der Waals surface area contributed by atoms with Gasteiger partial charge in [-0.2, -0.15) is 0 Å². The molecule has 1 heterocycles. The molecule has 1 spiro atoms. The summed E-state index contributed by atoms with van der Waals surface area (Å²) in [5.74, 6) is 5.76. The molecule has 6 fully saturated rings. The number of fused-ring (bicyclic) bond motifs is 7. The molecule has 6 rings (SSSR count). The Morgan fingerprint density at radius 1 is 0.929 bits per heavy atom. The van der Waals surface area contributed by atoms with E-state index in [1.807, 2.05) is 0 Å². The Morgan fingerprint density at radius 3 is 2.50 bits per heavy atom. The fourth-order valence-corrected chi connectivity index (χ4v) is 9.40. The summed E-state index contributed by atoms with van der Waals surface area (Å²) in [4.78, 5) is 0. The molecule has 9 atom stereocenters. The van der Waals surface area contributed by atoms with Gasteiger partial charge in [-0.05, 0) is 92.3 Å². The first-order chi connectivity index (χ1) is 13.5. The minimum absolute atomic E-state index is 0.0188. The van der Waals surface area contributed by atoms with Gasteiger partial charge in [0, 0.05) is 12.8 Å². The molecule has 0 aromatic heterocycles. The molecule has 0 bridgehead atoms. The van der Waals surface area contributed by atoms with E-state index in [-0.39, 0.29) is 18.0 Å². The van der Waals surface area contributed by atoms with Crippen LogP contribution in [-0.4, -0.2) is 42.9 Å². The molecule has 5 aliphatic carbocycles. The average molecular weight is 391 g/mol. The van der Waals surface area contributed by atoms with Crippen molar-refractivity contribution >= 4 is 0 Å². The number of ether oxygens (including phenoxy) is 3. The van der Waals surface area contributed by atoms with Crippen LogP contribution in [0.5, 0.6) is 0 Å². The van der Waals surface area contributed by atoms with Crippen LogP contribution in [0.1, 0.15) is 65.2 Å². The molecule has 0 radical (unpaired) electrons. The molecule has 1 N–H and O–H groups in total. The van der Waals surface area contributed by atoms with E-state index in [1.54, 1.807) is 0 Å². The van der Waals surface area contributed by atoms with Crippen molar-refractivity contribution < 1.29 is 19.3 Å². The summed E-state index contributed by atoms with van der Waals surface area (Å²) >= 11 is 0. The van der Waals surface area contributed by atoms with Crippen LogP contribution < -0.4 is 0 Å². The lowest BCUT2D eigenvalue weighted by molar-refractivity contribution is -0.216. The first-order valence-electron chi connectivity index (χ1n) is 12.0. The van der Waals surface area contributed by atoms with Crippen LogP contribution >= 0.6 is 0 Å². The molecule has 158 valence electrons. The van der Waals surface area contributed by atoms with Gasteiger partial charge in [-0.15, -0.1) is 0 Å². The highest BCUT2D eigenvalue weighted by Crippen LogP contribution is 2.76. The Balaban J connectivity index is 1.24. The third-order valence-corrected chi connectivity index (χ3v) is 10.7. The number of hydrogen-bond donors (Lipinski definition) is 1. The zero-order valence-corrected chi connectivity index (χ0v) is 17.7. The lowest BCUT2D eigenvalue weighted by Crippen LogP contribution is -2.56. The van der Waals surface area contributed by atoms with Gasteiger partial charge in [0.2, 0.25) is 0 Å². The number of rotatable bonds is 3. The Morgan fingerprint density at radius 2 is 1.71 bits per heavy atom. The van der Waals surface area contributed by atoms with Gasteiger partial charge in [-0.25, -0.2) is 0 Å². The molecule has 28 heavy (non-hydrogen) atoms. The molecule has 1 aliphatic heterocycles. The summed E-state index contributed by atoms with van der Waals surface area (Å²) in [6, 6.07) is 0. The molecule has 7 unspecified atom stereocenters. The predicted molar refractivity (Wildman–Crippen MR) is 106 cm³/mol. The van der Waals surface area contributed by atoms with E-state index < -0.39 is 0 Å². The van der Waals surface area contributed by atoms with Gasteiger partial charge in [0.1, 0.15) is 0 Å². The van der Waals surface area contributed by atoms with Gasteiger partial charge in [-0.3, -0.25) is 0 Å². The summed E-state index contributed by atoms with van der Waals surface area (Å²) in [6.07, 6.45) is 10.4. The van der Waals surface area contributed by atoms with Gasteiger partial charge < -0.3 is 19.3 Å².